The summed E-state index contributed by atoms with van der Waals surface area (Å²) in [5, 5.41) is 3.50. The van der Waals surface area contributed by atoms with Crippen LogP contribution in [0, 0.1) is 13.8 Å². The number of hydrogen-bond donors (Lipinski definition) is 1. The fourth-order valence-electron chi connectivity index (χ4n) is 2.59. The molecular weight excluding hydrogens is 372 g/mol. The van der Waals surface area contributed by atoms with E-state index < -0.39 is 0 Å². The first-order valence-corrected chi connectivity index (χ1v) is 9.27. The largest absolute Gasteiger partial charge is 0.483 e. The lowest BCUT2D eigenvalue weighted by molar-refractivity contribution is -0.118. The van der Waals surface area contributed by atoms with E-state index in [0.29, 0.717) is 10.8 Å². The molecule has 0 heterocycles. The SMILES string of the molecule is Cc1cccc(NC(=O)COc2ccccc2C=Nc2ccc(C)c(Cl)c2)c1. The number of anilines is 1. The first-order valence-electron chi connectivity index (χ1n) is 8.90. The highest BCUT2D eigenvalue weighted by Gasteiger charge is 2.06. The Kier molecular flexibility index (Phi) is 6.45. The van der Waals surface area contributed by atoms with Gasteiger partial charge in [0.25, 0.3) is 5.91 Å². The van der Waals surface area contributed by atoms with E-state index in [2.05, 4.69) is 10.3 Å². The monoisotopic (exact) mass is 392 g/mol. The summed E-state index contributed by atoms with van der Waals surface area (Å²) in [6, 6.07) is 20.7. The molecule has 28 heavy (non-hydrogen) atoms. The highest BCUT2D eigenvalue weighted by atomic mass is 35.5. The summed E-state index contributed by atoms with van der Waals surface area (Å²) in [5.41, 5.74) is 4.37. The van der Waals surface area contributed by atoms with Crippen molar-refractivity contribution >= 4 is 35.1 Å². The van der Waals surface area contributed by atoms with Gasteiger partial charge in [-0.3, -0.25) is 9.79 Å². The van der Waals surface area contributed by atoms with Gasteiger partial charge in [0, 0.05) is 22.5 Å². The van der Waals surface area contributed by atoms with Gasteiger partial charge < -0.3 is 10.1 Å². The Bertz CT molecular complexity index is 1010. The zero-order valence-electron chi connectivity index (χ0n) is 15.8. The number of aryl methyl sites for hydroxylation is 2. The highest BCUT2D eigenvalue weighted by molar-refractivity contribution is 6.31. The molecule has 0 saturated heterocycles. The molecule has 142 valence electrons. The molecule has 0 aromatic heterocycles. The second-order valence-corrected chi connectivity index (χ2v) is 6.84. The van der Waals surface area contributed by atoms with E-state index in [1.165, 1.54) is 0 Å². The number of halogens is 1. The zero-order chi connectivity index (χ0) is 19.9. The Morgan fingerprint density at radius 2 is 1.89 bits per heavy atom. The summed E-state index contributed by atoms with van der Waals surface area (Å²) in [6.45, 7) is 3.83. The normalized spacial score (nSPS) is 10.8. The lowest BCUT2D eigenvalue weighted by Gasteiger charge is -2.10. The fourth-order valence-corrected chi connectivity index (χ4v) is 2.76. The highest BCUT2D eigenvalue weighted by Crippen LogP contribution is 2.23. The van der Waals surface area contributed by atoms with Gasteiger partial charge in [-0.2, -0.15) is 0 Å². The molecule has 0 saturated carbocycles. The molecule has 0 bridgehead atoms. The molecule has 0 atom stereocenters. The summed E-state index contributed by atoms with van der Waals surface area (Å²) in [6.07, 6.45) is 1.70. The van der Waals surface area contributed by atoms with Crippen molar-refractivity contribution in [3.8, 4) is 5.75 Å². The molecule has 4 nitrogen and oxygen atoms in total. The number of amides is 1. The predicted octanol–water partition coefficient (Wildman–Crippen LogP) is 5.72. The second kappa shape index (κ2) is 9.20. The molecule has 3 aromatic carbocycles. The molecule has 5 heteroatoms. The molecule has 0 aliphatic carbocycles. The zero-order valence-corrected chi connectivity index (χ0v) is 16.5. The third-order valence-electron chi connectivity index (χ3n) is 4.09. The van der Waals surface area contributed by atoms with Crippen molar-refractivity contribution in [1.82, 2.24) is 0 Å². The Hall–Kier alpha value is -3.11. The number of benzene rings is 3. The third kappa shape index (κ3) is 5.44. The number of carbonyl (C=O) groups excluding carboxylic acids is 1. The molecule has 0 aliphatic heterocycles. The number of hydrogen-bond acceptors (Lipinski definition) is 3. The van der Waals surface area contributed by atoms with E-state index in [9.17, 15) is 4.79 Å². The number of para-hydroxylation sites is 1. The van der Waals surface area contributed by atoms with Crippen LogP contribution in [0.4, 0.5) is 11.4 Å². The number of nitrogens with one attached hydrogen (secondary N) is 1. The van der Waals surface area contributed by atoms with Crippen LogP contribution in [-0.2, 0) is 4.79 Å². The first kappa shape index (κ1) is 19.6. The van der Waals surface area contributed by atoms with E-state index in [0.717, 1.165) is 28.1 Å². The summed E-state index contributed by atoms with van der Waals surface area (Å²) in [4.78, 5) is 16.6. The first-order chi connectivity index (χ1) is 13.5. The summed E-state index contributed by atoms with van der Waals surface area (Å²) in [5.74, 6) is 0.367. The van der Waals surface area contributed by atoms with Gasteiger partial charge in [-0.15, -0.1) is 0 Å². The maximum absolute atomic E-state index is 12.2. The average Bonchev–Trinajstić information content (AvgIpc) is 2.68. The molecule has 0 fully saturated rings. The molecule has 0 unspecified atom stereocenters. The van der Waals surface area contributed by atoms with Crippen LogP contribution >= 0.6 is 11.6 Å². The van der Waals surface area contributed by atoms with E-state index in [1.807, 2.05) is 80.6 Å². The summed E-state index contributed by atoms with van der Waals surface area (Å²) < 4.78 is 5.70. The average molecular weight is 393 g/mol. The maximum atomic E-state index is 12.2. The second-order valence-electron chi connectivity index (χ2n) is 6.44. The van der Waals surface area contributed by atoms with Gasteiger partial charge in [0.2, 0.25) is 0 Å². The Morgan fingerprint density at radius 3 is 2.68 bits per heavy atom. The van der Waals surface area contributed by atoms with Gasteiger partial charge in [-0.1, -0.05) is 41.9 Å². The third-order valence-corrected chi connectivity index (χ3v) is 4.49. The van der Waals surface area contributed by atoms with Crippen LogP contribution in [0.15, 0.2) is 71.7 Å². The van der Waals surface area contributed by atoms with Gasteiger partial charge in [-0.05, 0) is 61.4 Å². The number of nitrogens with zero attached hydrogens (tertiary/aromatic N) is 1. The maximum Gasteiger partial charge on any atom is 0.262 e. The Morgan fingerprint density at radius 1 is 1.07 bits per heavy atom. The van der Waals surface area contributed by atoms with Crippen molar-refractivity contribution in [2.45, 2.75) is 13.8 Å². The number of ether oxygens (including phenoxy) is 1. The topological polar surface area (TPSA) is 50.7 Å². The van der Waals surface area contributed by atoms with Crippen LogP contribution in [0.2, 0.25) is 5.02 Å². The number of carbonyl (C=O) groups is 1. The Labute approximate surface area is 169 Å². The lowest BCUT2D eigenvalue weighted by atomic mass is 10.2. The Balaban J connectivity index is 1.65. The van der Waals surface area contributed by atoms with Gasteiger partial charge in [0.1, 0.15) is 5.75 Å². The smallest absolute Gasteiger partial charge is 0.262 e. The number of aliphatic imine (C=N–C) groups is 1. The van der Waals surface area contributed by atoms with Crippen LogP contribution in [0.1, 0.15) is 16.7 Å². The number of rotatable bonds is 6. The summed E-state index contributed by atoms with van der Waals surface area (Å²) in [7, 11) is 0. The van der Waals surface area contributed by atoms with Gasteiger partial charge in [-0.25, -0.2) is 0 Å². The molecule has 3 rings (SSSR count). The molecule has 1 amide bonds. The van der Waals surface area contributed by atoms with Crippen LogP contribution in [0.3, 0.4) is 0 Å². The van der Waals surface area contributed by atoms with Crippen molar-refractivity contribution in [1.29, 1.82) is 0 Å². The van der Waals surface area contributed by atoms with Crippen LogP contribution in [-0.4, -0.2) is 18.7 Å². The van der Waals surface area contributed by atoms with Crippen molar-refractivity contribution < 1.29 is 9.53 Å². The van der Waals surface area contributed by atoms with E-state index in [-0.39, 0.29) is 12.5 Å². The standard InChI is InChI=1S/C23H21ClN2O2/c1-16-6-5-8-20(12-16)26-23(27)15-28-22-9-4-3-7-18(22)14-25-19-11-10-17(2)21(24)13-19/h3-14H,15H2,1-2H3,(H,26,27). The van der Waals surface area contributed by atoms with Crippen LogP contribution in [0.5, 0.6) is 5.75 Å². The van der Waals surface area contributed by atoms with Crippen LogP contribution in [0.25, 0.3) is 0 Å². The van der Waals surface area contributed by atoms with Gasteiger partial charge >= 0.3 is 0 Å². The van der Waals surface area contributed by atoms with E-state index >= 15 is 0 Å². The minimum atomic E-state index is -0.220. The molecule has 0 radical (unpaired) electrons. The molecule has 3 aromatic rings. The minimum Gasteiger partial charge on any atom is -0.483 e. The van der Waals surface area contributed by atoms with Crippen molar-refractivity contribution in [2.24, 2.45) is 4.99 Å². The summed E-state index contributed by atoms with van der Waals surface area (Å²) >= 11 is 6.14. The quantitative estimate of drug-likeness (QED) is 0.545. The molecule has 1 N–H and O–H groups in total. The van der Waals surface area contributed by atoms with Crippen molar-refractivity contribution in [2.75, 3.05) is 11.9 Å². The minimum absolute atomic E-state index is 0.0881. The molecular formula is C23H21ClN2O2. The fraction of sp³-hybridized carbons (Fsp3) is 0.130. The van der Waals surface area contributed by atoms with Gasteiger partial charge in [0.05, 0.1) is 5.69 Å². The molecule has 0 aliphatic rings. The van der Waals surface area contributed by atoms with Crippen molar-refractivity contribution in [3.05, 3.63) is 88.4 Å². The van der Waals surface area contributed by atoms with E-state index in [4.69, 9.17) is 16.3 Å². The van der Waals surface area contributed by atoms with Crippen molar-refractivity contribution in [3.63, 3.8) is 0 Å². The van der Waals surface area contributed by atoms with E-state index in [1.54, 1.807) is 6.21 Å². The predicted molar refractivity (Wildman–Crippen MR) is 115 cm³/mol. The van der Waals surface area contributed by atoms with Gasteiger partial charge in [0.15, 0.2) is 6.61 Å². The van der Waals surface area contributed by atoms with Crippen LogP contribution < -0.4 is 10.1 Å². The molecule has 0 spiro atoms. The lowest BCUT2D eigenvalue weighted by Crippen LogP contribution is -2.20.